The lowest BCUT2D eigenvalue weighted by Gasteiger charge is -1.77. The molecule has 0 aromatic carbocycles. The molecule has 80 valence electrons. The summed E-state index contributed by atoms with van der Waals surface area (Å²) in [5.41, 5.74) is -0.0971. The maximum atomic E-state index is 10.4. The van der Waals surface area contributed by atoms with Crippen molar-refractivity contribution in [2.45, 2.75) is 26.7 Å². The summed E-state index contributed by atoms with van der Waals surface area (Å²) in [6.45, 7) is 4.00. The van der Waals surface area contributed by atoms with Crippen molar-refractivity contribution in [3.05, 3.63) is 17.8 Å². The molecule has 1 aliphatic rings. The van der Waals surface area contributed by atoms with Crippen molar-refractivity contribution in [1.82, 2.24) is 4.98 Å². The number of carbonyl (C=O) groups is 1. The van der Waals surface area contributed by atoms with E-state index < -0.39 is 5.97 Å². The van der Waals surface area contributed by atoms with Crippen molar-refractivity contribution < 1.29 is 14.3 Å². The van der Waals surface area contributed by atoms with Gasteiger partial charge in [-0.15, -0.1) is 0 Å². The molecule has 15 heavy (non-hydrogen) atoms. The molecule has 0 unspecified atom stereocenters. The lowest BCUT2D eigenvalue weighted by atomic mass is 10.4. The predicted molar refractivity (Wildman–Crippen MR) is 54.4 cm³/mol. The minimum atomic E-state index is -1.09. The van der Waals surface area contributed by atoms with E-state index in [4.69, 9.17) is 9.52 Å². The average molecular weight is 207 g/mol. The summed E-state index contributed by atoms with van der Waals surface area (Å²) >= 11 is 0. The van der Waals surface area contributed by atoms with Crippen LogP contribution in [0.25, 0.3) is 0 Å². The second-order valence-electron chi connectivity index (χ2n) is 2.89. The third-order valence-corrected chi connectivity index (χ3v) is 1.68. The van der Waals surface area contributed by atoms with Gasteiger partial charge in [0.1, 0.15) is 6.26 Å². The summed E-state index contributed by atoms with van der Waals surface area (Å²) in [7, 11) is 0. The minimum absolute atomic E-state index is 0.0971. The summed E-state index contributed by atoms with van der Waals surface area (Å²) in [6.07, 6.45) is 3.35. The number of rotatable bonds is 1. The van der Waals surface area contributed by atoms with E-state index in [1.807, 2.05) is 13.8 Å². The van der Waals surface area contributed by atoms with E-state index >= 15 is 0 Å². The Morgan fingerprint density at radius 1 is 1.60 bits per heavy atom. The molecule has 1 fully saturated rings. The molecule has 1 aromatic rings. The molecule has 0 atom stereocenters. The number of carboxylic acid groups (broad SMARTS) is 1. The van der Waals surface area contributed by atoms with Crippen LogP contribution in [-0.4, -0.2) is 16.1 Å². The molecule has 1 N–H and O–H groups in total. The quantitative estimate of drug-likeness (QED) is 0.717. The van der Waals surface area contributed by atoms with Gasteiger partial charge < -0.3 is 9.52 Å². The molecule has 0 radical (unpaired) electrons. The van der Waals surface area contributed by atoms with Crippen LogP contribution in [0.1, 0.15) is 43.1 Å². The number of aromatic nitrogens is 1. The molecule has 0 aliphatic heterocycles. The number of oxazole rings is 1. The zero-order valence-electron chi connectivity index (χ0n) is 8.78. The van der Waals surface area contributed by atoms with Crippen LogP contribution in [0.5, 0.6) is 0 Å². The first-order valence-corrected chi connectivity index (χ1v) is 4.96. The SMILES string of the molecule is CC.O=C(O)c1coc(C#CC2CC2)n1. The van der Waals surface area contributed by atoms with E-state index in [9.17, 15) is 4.79 Å². The molecule has 1 aromatic heterocycles. The van der Waals surface area contributed by atoms with Crippen LogP contribution < -0.4 is 0 Å². The largest absolute Gasteiger partial charge is 0.476 e. The maximum absolute atomic E-state index is 10.4. The maximum Gasteiger partial charge on any atom is 0.357 e. The van der Waals surface area contributed by atoms with E-state index in [0.717, 1.165) is 19.1 Å². The Bertz CT molecular complexity index is 393. The smallest absolute Gasteiger partial charge is 0.357 e. The predicted octanol–water partition coefficient (Wildman–Crippen LogP) is 2.16. The van der Waals surface area contributed by atoms with Crippen LogP contribution in [0.3, 0.4) is 0 Å². The number of aromatic carboxylic acids is 1. The van der Waals surface area contributed by atoms with Gasteiger partial charge in [-0.3, -0.25) is 0 Å². The zero-order chi connectivity index (χ0) is 11.3. The lowest BCUT2D eigenvalue weighted by Crippen LogP contribution is -1.95. The third kappa shape index (κ3) is 3.47. The fourth-order valence-corrected chi connectivity index (χ4v) is 0.821. The fourth-order valence-electron chi connectivity index (χ4n) is 0.821. The van der Waals surface area contributed by atoms with Gasteiger partial charge in [-0.05, 0) is 18.8 Å². The Morgan fingerprint density at radius 2 is 2.27 bits per heavy atom. The molecule has 0 amide bonds. The Morgan fingerprint density at radius 3 is 2.73 bits per heavy atom. The molecule has 1 saturated carbocycles. The van der Waals surface area contributed by atoms with Crippen LogP contribution in [0.2, 0.25) is 0 Å². The topological polar surface area (TPSA) is 63.3 Å². The van der Waals surface area contributed by atoms with Gasteiger partial charge in [0.15, 0.2) is 5.69 Å². The van der Waals surface area contributed by atoms with Gasteiger partial charge in [-0.1, -0.05) is 19.8 Å². The van der Waals surface area contributed by atoms with Crippen molar-refractivity contribution >= 4 is 5.97 Å². The van der Waals surface area contributed by atoms with E-state index in [1.165, 1.54) is 0 Å². The summed E-state index contributed by atoms with van der Waals surface area (Å²) in [5, 5.41) is 8.52. The normalized spacial score (nSPS) is 13.2. The lowest BCUT2D eigenvalue weighted by molar-refractivity contribution is 0.0690. The molecular weight excluding hydrogens is 194 g/mol. The van der Waals surface area contributed by atoms with Crippen LogP contribution in [-0.2, 0) is 0 Å². The van der Waals surface area contributed by atoms with Crippen molar-refractivity contribution in [3.63, 3.8) is 0 Å². The second-order valence-corrected chi connectivity index (χ2v) is 2.89. The van der Waals surface area contributed by atoms with Gasteiger partial charge in [0, 0.05) is 5.92 Å². The molecule has 4 nitrogen and oxygen atoms in total. The summed E-state index contributed by atoms with van der Waals surface area (Å²) in [5.74, 6) is 5.17. The standard InChI is InChI=1S/C9H7NO3.C2H6/c11-9(12)7-5-13-8(10-7)4-3-6-1-2-6;1-2/h5-6H,1-2H2,(H,11,12);1-2H3. The number of hydrogen-bond donors (Lipinski definition) is 1. The first kappa shape index (κ1) is 11.3. The number of hydrogen-bond acceptors (Lipinski definition) is 3. The Hall–Kier alpha value is -1.76. The van der Waals surface area contributed by atoms with Crippen LogP contribution in [0.4, 0.5) is 0 Å². The third-order valence-electron chi connectivity index (χ3n) is 1.68. The van der Waals surface area contributed by atoms with Gasteiger partial charge in [0.05, 0.1) is 0 Å². The molecule has 2 rings (SSSR count). The molecule has 1 heterocycles. The highest BCUT2D eigenvalue weighted by atomic mass is 16.4. The van der Waals surface area contributed by atoms with Crippen molar-refractivity contribution in [1.29, 1.82) is 0 Å². The van der Waals surface area contributed by atoms with Crippen LogP contribution in [0, 0.1) is 17.8 Å². The second kappa shape index (κ2) is 5.20. The van der Waals surface area contributed by atoms with Gasteiger partial charge in [0.25, 0.3) is 5.89 Å². The Kier molecular flexibility index (Phi) is 3.92. The molecular formula is C11H13NO3. The summed E-state index contributed by atoms with van der Waals surface area (Å²) < 4.78 is 4.84. The minimum Gasteiger partial charge on any atom is -0.476 e. The number of nitrogens with zero attached hydrogens (tertiary/aromatic N) is 1. The van der Waals surface area contributed by atoms with Gasteiger partial charge >= 0.3 is 5.97 Å². The van der Waals surface area contributed by atoms with Gasteiger partial charge in [0.2, 0.25) is 0 Å². The van der Waals surface area contributed by atoms with E-state index in [0.29, 0.717) is 5.92 Å². The highest BCUT2D eigenvalue weighted by Gasteiger charge is 2.18. The first-order chi connectivity index (χ1) is 7.25. The first-order valence-electron chi connectivity index (χ1n) is 4.96. The van der Waals surface area contributed by atoms with E-state index in [-0.39, 0.29) is 11.6 Å². The van der Waals surface area contributed by atoms with Crippen molar-refractivity contribution in [2.24, 2.45) is 5.92 Å². The van der Waals surface area contributed by atoms with Gasteiger partial charge in [-0.25, -0.2) is 4.79 Å². The fraction of sp³-hybridized carbons (Fsp3) is 0.455. The zero-order valence-corrected chi connectivity index (χ0v) is 8.78. The Balaban J connectivity index is 0.000000531. The van der Waals surface area contributed by atoms with Gasteiger partial charge in [-0.2, -0.15) is 4.98 Å². The highest BCUT2D eigenvalue weighted by Crippen LogP contribution is 2.27. The van der Waals surface area contributed by atoms with Crippen molar-refractivity contribution in [3.8, 4) is 11.8 Å². The average Bonchev–Trinajstić information content (AvgIpc) is 2.95. The van der Waals surface area contributed by atoms with E-state index in [2.05, 4.69) is 16.8 Å². The van der Waals surface area contributed by atoms with Crippen molar-refractivity contribution in [2.75, 3.05) is 0 Å². The summed E-state index contributed by atoms with van der Waals surface area (Å²) in [6, 6.07) is 0. The molecule has 0 saturated heterocycles. The summed E-state index contributed by atoms with van der Waals surface area (Å²) in [4.78, 5) is 14.1. The Labute approximate surface area is 88.3 Å². The molecule has 4 heteroatoms. The highest BCUT2D eigenvalue weighted by molar-refractivity contribution is 5.84. The van der Waals surface area contributed by atoms with Crippen LogP contribution in [0.15, 0.2) is 10.7 Å². The molecule has 1 aliphatic carbocycles. The molecule has 0 bridgehead atoms. The van der Waals surface area contributed by atoms with E-state index in [1.54, 1.807) is 0 Å². The monoisotopic (exact) mass is 207 g/mol. The number of carboxylic acids is 1. The van der Waals surface area contributed by atoms with Crippen LogP contribution >= 0.6 is 0 Å². The molecule has 0 spiro atoms.